The lowest BCUT2D eigenvalue weighted by Gasteiger charge is -2.08. The molecule has 0 amide bonds. The van der Waals surface area contributed by atoms with Crippen molar-refractivity contribution < 1.29 is 4.57 Å². The van der Waals surface area contributed by atoms with Crippen LogP contribution >= 0.6 is 28.3 Å². The van der Waals surface area contributed by atoms with E-state index in [1.54, 1.807) is 22.8 Å². The summed E-state index contributed by atoms with van der Waals surface area (Å²) in [5, 5.41) is 0. The molecule has 86 valence electrons. The molecular formula is C12H15OPS2. The Kier molecular flexibility index (Phi) is 4.23. The maximum Gasteiger partial charge on any atom is 0.191 e. The van der Waals surface area contributed by atoms with E-state index in [0.29, 0.717) is 0 Å². The Hall–Kier alpha value is -0.110. The van der Waals surface area contributed by atoms with E-state index >= 15 is 0 Å². The maximum absolute atomic E-state index is 12.2. The van der Waals surface area contributed by atoms with Gasteiger partial charge in [-0.15, -0.1) is 0 Å². The molecule has 1 aliphatic heterocycles. The smallest absolute Gasteiger partial charge is 0.191 e. The van der Waals surface area contributed by atoms with Crippen molar-refractivity contribution in [3.05, 3.63) is 42.0 Å². The fraction of sp³-hybridized carbons (Fsp3) is 0.333. The highest BCUT2D eigenvalue weighted by Gasteiger charge is 2.28. The zero-order chi connectivity index (χ0) is 11.4. The predicted molar refractivity (Wildman–Crippen MR) is 77.6 cm³/mol. The second kappa shape index (κ2) is 5.48. The zero-order valence-corrected chi connectivity index (χ0v) is 11.6. The van der Waals surface area contributed by atoms with E-state index in [9.17, 15) is 4.57 Å². The molecule has 2 rings (SSSR count). The van der Waals surface area contributed by atoms with Crippen molar-refractivity contribution in [3.8, 4) is 0 Å². The number of hydrogen-bond donors (Lipinski definition) is 0. The molecule has 1 fully saturated rings. The van der Waals surface area contributed by atoms with Crippen molar-refractivity contribution in [1.29, 1.82) is 0 Å². The zero-order valence-electron chi connectivity index (χ0n) is 9.09. The Labute approximate surface area is 105 Å². The summed E-state index contributed by atoms with van der Waals surface area (Å²) >= 11 is 3.35. The van der Waals surface area contributed by atoms with E-state index in [2.05, 4.69) is 30.8 Å². The second-order valence-corrected chi connectivity index (χ2v) is 12.5. The first-order chi connectivity index (χ1) is 7.72. The van der Waals surface area contributed by atoms with Crippen LogP contribution in [-0.4, -0.2) is 17.7 Å². The molecule has 1 aliphatic rings. The topological polar surface area (TPSA) is 17.1 Å². The van der Waals surface area contributed by atoms with E-state index in [1.165, 1.54) is 5.56 Å². The van der Waals surface area contributed by atoms with Crippen LogP contribution in [0.4, 0.5) is 0 Å². The van der Waals surface area contributed by atoms with Gasteiger partial charge < -0.3 is 4.57 Å². The Morgan fingerprint density at radius 1 is 1.25 bits per heavy atom. The average molecular weight is 270 g/mol. The van der Waals surface area contributed by atoms with E-state index < -0.39 is 5.55 Å². The summed E-state index contributed by atoms with van der Waals surface area (Å²) in [7, 11) is 0. The van der Waals surface area contributed by atoms with Gasteiger partial charge in [0, 0.05) is 17.7 Å². The molecular weight excluding hydrogens is 255 g/mol. The molecule has 0 aromatic heterocycles. The maximum atomic E-state index is 12.2. The van der Waals surface area contributed by atoms with E-state index in [0.717, 1.165) is 29.7 Å². The van der Waals surface area contributed by atoms with Gasteiger partial charge in [0.1, 0.15) is 0 Å². The van der Waals surface area contributed by atoms with E-state index in [4.69, 9.17) is 0 Å². The first kappa shape index (κ1) is 12.3. The van der Waals surface area contributed by atoms with Gasteiger partial charge in [-0.3, -0.25) is 0 Å². The fourth-order valence-electron chi connectivity index (χ4n) is 1.61. The lowest BCUT2D eigenvalue weighted by Crippen LogP contribution is -1.89. The molecule has 16 heavy (non-hydrogen) atoms. The molecule has 1 heterocycles. The van der Waals surface area contributed by atoms with Gasteiger partial charge in [0.2, 0.25) is 0 Å². The third-order valence-corrected chi connectivity index (χ3v) is 11.6. The third-order valence-electron chi connectivity index (χ3n) is 2.55. The van der Waals surface area contributed by atoms with Crippen LogP contribution in [-0.2, 0) is 11.0 Å². The molecule has 0 atom stereocenters. The Morgan fingerprint density at radius 2 is 1.88 bits per heavy atom. The molecule has 0 radical (unpaired) electrons. The third kappa shape index (κ3) is 3.19. The molecule has 0 saturated carbocycles. The van der Waals surface area contributed by atoms with Crippen LogP contribution in [0.5, 0.6) is 0 Å². The average Bonchev–Trinajstić information content (AvgIpc) is 2.75. The number of benzene rings is 1. The Bertz CT molecular complexity index is 404. The Balaban J connectivity index is 1.94. The van der Waals surface area contributed by atoms with Crippen LogP contribution in [0.25, 0.3) is 6.08 Å². The molecule has 0 aliphatic carbocycles. The van der Waals surface area contributed by atoms with Crippen molar-refractivity contribution in [2.24, 2.45) is 0 Å². The highest BCUT2D eigenvalue weighted by Crippen LogP contribution is 2.73. The van der Waals surface area contributed by atoms with Crippen LogP contribution in [0.15, 0.2) is 30.8 Å². The summed E-state index contributed by atoms with van der Waals surface area (Å²) in [5.74, 6) is 2.11. The van der Waals surface area contributed by atoms with Gasteiger partial charge in [0.25, 0.3) is 0 Å². The van der Waals surface area contributed by atoms with E-state index in [-0.39, 0.29) is 0 Å². The monoisotopic (exact) mass is 270 g/mol. The molecule has 0 N–H and O–H groups in total. The molecule has 0 unspecified atom stereocenters. The summed E-state index contributed by atoms with van der Waals surface area (Å²) in [4.78, 5) is 0. The normalized spacial score (nSPS) is 18.5. The van der Waals surface area contributed by atoms with Gasteiger partial charge in [-0.25, -0.2) is 0 Å². The summed E-state index contributed by atoms with van der Waals surface area (Å²) < 4.78 is 12.2. The second-order valence-electron chi connectivity index (χ2n) is 3.70. The molecule has 1 aromatic carbocycles. The molecule has 1 nitrogen and oxygen atoms in total. The molecule has 1 aromatic rings. The predicted octanol–water partition coefficient (Wildman–Crippen LogP) is 4.55. The largest absolute Gasteiger partial charge is 0.300 e. The van der Waals surface area contributed by atoms with Crippen LogP contribution in [0.1, 0.15) is 11.1 Å². The van der Waals surface area contributed by atoms with Crippen molar-refractivity contribution in [3.63, 3.8) is 0 Å². The van der Waals surface area contributed by atoms with Gasteiger partial charge in [-0.1, -0.05) is 59.7 Å². The lowest BCUT2D eigenvalue weighted by molar-refractivity contribution is 0.593. The first-order valence-electron chi connectivity index (χ1n) is 5.31. The van der Waals surface area contributed by atoms with Gasteiger partial charge >= 0.3 is 0 Å². The summed E-state index contributed by atoms with van der Waals surface area (Å²) in [6.45, 7) is 3.73. The van der Waals surface area contributed by atoms with E-state index in [1.807, 2.05) is 6.08 Å². The van der Waals surface area contributed by atoms with Gasteiger partial charge in [-0.05, 0) is 17.5 Å². The fourth-order valence-corrected chi connectivity index (χ4v) is 10.2. The molecule has 1 saturated heterocycles. The van der Waals surface area contributed by atoms with Crippen molar-refractivity contribution in [2.75, 3.05) is 17.7 Å². The van der Waals surface area contributed by atoms with Crippen LogP contribution < -0.4 is 0 Å². The minimum Gasteiger partial charge on any atom is -0.300 e. The molecule has 0 bridgehead atoms. The van der Waals surface area contributed by atoms with Crippen molar-refractivity contribution >= 4 is 34.4 Å². The minimum absolute atomic E-state index is 0.829. The molecule has 0 spiro atoms. The Morgan fingerprint density at radius 3 is 2.44 bits per heavy atom. The van der Waals surface area contributed by atoms with Crippen molar-refractivity contribution in [2.45, 2.75) is 6.42 Å². The highest BCUT2D eigenvalue weighted by molar-refractivity contribution is 8.92. The van der Waals surface area contributed by atoms with Crippen molar-refractivity contribution in [1.82, 2.24) is 0 Å². The molecule has 4 heteroatoms. The van der Waals surface area contributed by atoms with Crippen LogP contribution in [0.2, 0.25) is 0 Å². The number of aryl methyl sites for hydroxylation is 1. The van der Waals surface area contributed by atoms with Gasteiger partial charge in [0.15, 0.2) is 5.55 Å². The van der Waals surface area contributed by atoms with Gasteiger partial charge in [-0.2, -0.15) is 0 Å². The summed E-state index contributed by atoms with van der Waals surface area (Å²) in [6.07, 6.45) is 3.60. The first-order valence-corrected chi connectivity index (χ1v) is 10.4. The highest BCUT2D eigenvalue weighted by atomic mass is 33.1. The minimum atomic E-state index is -1.94. The lowest BCUT2D eigenvalue weighted by atomic mass is 10.1. The summed E-state index contributed by atoms with van der Waals surface area (Å²) in [5.41, 5.74) is 0.470. The summed E-state index contributed by atoms with van der Waals surface area (Å²) in [6, 6.07) is 8.34. The number of rotatable bonds is 4. The van der Waals surface area contributed by atoms with Crippen LogP contribution in [0, 0.1) is 0 Å². The van der Waals surface area contributed by atoms with Crippen LogP contribution in [0.3, 0.4) is 0 Å². The number of hydrogen-bond acceptors (Lipinski definition) is 3. The standard InChI is InChI=1S/C12H15OPS2/c1-2-11-3-5-12(6-4-11)7-8-14(13)15-9-10-16-14/h2-6H,1,7-10H2. The quantitative estimate of drug-likeness (QED) is 0.747. The SMILES string of the molecule is C=Cc1ccc(CCP2(=O)SCCS2)cc1. The van der Waals surface area contributed by atoms with Gasteiger partial charge in [0.05, 0.1) is 0 Å².